The number of nitrogens with two attached hydrogens (primary N) is 1. The first-order valence-corrected chi connectivity index (χ1v) is 12.4. The third-order valence-corrected chi connectivity index (χ3v) is 5.84. The molecule has 1 aromatic carbocycles. The SMILES string of the molecule is CCCCCCCCCCCCCCC(O)CCC(=O)NCc1ccc(CN)cc1. The van der Waals surface area contributed by atoms with Crippen LogP contribution in [-0.4, -0.2) is 17.1 Å². The summed E-state index contributed by atoms with van der Waals surface area (Å²) in [6.07, 6.45) is 17.3. The Morgan fingerprint density at radius 3 is 1.87 bits per heavy atom. The Labute approximate surface area is 185 Å². The highest BCUT2D eigenvalue weighted by Gasteiger charge is 2.08. The van der Waals surface area contributed by atoms with Crippen molar-refractivity contribution in [3.63, 3.8) is 0 Å². The molecule has 0 radical (unpaired) electrons. The van der Waals surface area contributed by atoms with E-state index in [1.165, 1.54) is 70.6 Å². The molecule has 4 heteroatoms. The number of rotatable bonds is 19. The van der Waals surface area contributed by atoms with E-state index in [9.17, 15) is 9.90 Å². The smallest absolute Gasteiger partial charge is 0.220 e. The van der Waals surface area contributed by atoms with Gasteiger partial charge in [-0.2, -0.15) is 0 Å². The molecule has 0 fully saturated rings. The highest BCUT2D eigenvalue weighted by atomic mass is 16.3. The van der Waals surface area contributed by atoms with Crippen molar-refractivity contribution in [3.05, 3.63) is 35.4 Å². The third-order valence-electron chi connectivity index (χ3n) is 5.84. The molecule has 1 aromatic rings. The van der Waals surface area contributed by atoms with Crippen LogP contribution in [0.5, 0.6) is 0 Å². The first kappa shape index (κ1) is 26.6. The molecule has 0 bridgehead atoms. The van der Waals surface area contributed by atoms with Crippen LogP contribution in [0.25, 0.3) is 0 Å². The summed E-state index contributed by atoms with van der Waals surface area (Å²) in [5.74, 6) is 0.00615. The van der Waals surface area contributed by atoms with Gasteiger partial charge >= 0.3 is 0 Å². The largest absolute Gasteiger partial charge is 0.393 e. The van der Waals surface area contributed by atoms with E-state index < -0.39 is 0 Å². The highest BCUT2D eigenvalue weighted by molar-refractivity contribution is 5.75. The average Bonchev–Trinajstić information content (AvgIpc) is 2.77. The van der Waals surface area contributed by atoms with Crippen LogP contribution < -0.4 is 11.1 Å². The number of carbonyl (C=O) groups is 1. The number of nitrogens with one attached hydrogen (secondary N) is 1. The Hall–Kier alpha value is -1.39. The van der Waals surface area contributed by atoms with Crippen molar-refractivity contribution >= 4 is 5.91 Å². The maximum atomic E-state index is 12.0. The first-order valence-electron chi connectivity index (χ1n) is 12.4. The standard InChI is InChI=1S/C26H46N2O2/c1-2-3-4-5-6-7-8-9-10-11-12-13-14-25(29)19-20-26(30)28-22-24-17-15-23(21-27)16-18-24/h15-18,25,29H,2-14,19-22,27H2,1H3,(H,28,30). The molecule has 0 aliphatic carbocycles. The van der Waals surface area contributed by atoms with Crippen molar-refractivity contribution in [1.29, 1.82) is 0 Å². The van der Waals surface area contributed by atoms with Crippen molar-refractivity contribution in [1.82, 2.24) is 5.32 Å². The monoisotopic (exact) mass is 418 g/mol. The molecule has 0 saturated heterocycles. The molecule has 0 spiro atoms. The van der Waals surface area contributed by atoms with Gasteiger partial charge in [0.15, 0.2) is 0 Å². The Balaban J connectivity index is 1.91. The molecule has 0 heterocycles. The van der Waals surface area contributed by atoms with Crippen LogP contribution in [0.4, 0.5) is 0 Å². The van der Waals surface area contributed by atoms with Crippen LogP contribution in [0.3, 0.4) is 0 Å². The van der Waals surface area contributed by atoms with Crippen molar-refractivity contribution in [2.75, 3.05) is 0 Å². The lowest BCUT2D eigenvalue weighted by Gasteiger charge is -2.11. The lowest BCUT2D eigenvalue weighted by Crippen LogP contribution is -2.24. The second-order valence-electron chi connectivity index (χ2n) is 8.67. The van der Waals surface area contributed by atoms with Crippen LogP contribution in [0.1, 0.15) is 114 Å². The molecule has 1 unspecified atom stereocenters. The molecule has 0 aliphatic rings. The minimum absolute atomic E-state index is 0.00615. The van der Waals surface area contributed by atoms with E-state index in [0.29, 0.717) is 25.9 Å². The van der Waals surface area contributed by atoms with Crippen molar-refractivity contribution in [2.45, 2.75) is 122 Å². The number of hydrogen-bond acceptors (Lipinski definition) is 3. The van der Waals surface area contributed by atoms with Gasteiger partial charge in [-0.05, 0) is 24.0 Å². The second-order valence-corrected chi connectivity index (χ2v) is 8.67. The lowest BCUT2D eigenvalue weighted by atomic mass is 10.0. The highest BCUT2D eigenvalue weighted by Crippen LogP contribution is 2.14. The van der Waals surface area contributed by atoms with Crippen LogP contribution in [-0.2, 0) is 17.9 Å². The number of aliphatic hydroxyl groups excluding tert-OH is 1. The van der Waals surface area contributed by atoms with E-state index >= 15 is 0 Å². The van der Waals surface area contributed by atoms with Gasteiger partial charge in [0.2, 0.25) is 5.91 Å². The molecule has 1 atom stereocenters. The number of hydrogen-bond donors (Lipinski definition) is 3. The fourth-order valence-electron chi connectivity index (χ4n) is 3.75. The van der Waals surface area contributed by atoms with Crippen LogP contribution in [0.2, 0.25) is 0 Å². The van der Waals surface area contributed by atoms with Gasteiger partial charge in [0.05, 0.1) is 6.10 Å². The van der Waals surface area contributed by atoms with E-state index in [4.69, 9.17) is 5.73 Å². The predicted molar refractivity (Wildman–Crippen MR) is 127 cm³/mol. The van der Waals surface area contributed by atoms with Gasteiger partial charge in [0, 0.05) is 19.5 Å². The molecule has 0 aliphatic heterocycles. The van der Waals surface area contributed by atoms with Gasteiger partial charge in [-0.25, -0.2) is 0 Å². The van der Waals surface area contributed by atoms with Crippen LogP contribution in [0.15, 0.2) is 24.3 Å². The molecule has 4 nitrogen and oxygen atoms in total. The zero-order valence-electron chi connectivity index (χ0n) is 19.3. The lowest BCUT2D eigenvalue weighted by molar-refractivity contribution is -0.121. The molecule has 30 heavy (non-hydrogen) atoms. The fraction of sp³-hybridized carbons (Fsp3) is 0.731. The average molecular weight is 419 g/mol. The van der Waals surface area contributed by atoms with Gasteiger partial charge in [-0.1, -0.05) is 108 Å². The number of carbonyl (C=O) groups excluding carboxylic acids is 1. The van der Waals surface area contributed by atoms with E-state index in [2.05, 4.69) is 12.2 Å². The molecule has 4 N–H and O–H groups in total. The molecule has 1 rings (SSSR count). The number of benzene rings is 1. The van der Waals surface area contributed by atoms with Gasteiger partial charge in [-0.15, -0.1) is 0 Å². The number of amides is 1. The Kier molecular flexibility index (Phi) is 16.3. The van der Waals surface area contributed by atoms with Gasteiger partial charge in [-0.3, -0.25) is 4.79 Å². The summed E-state index contributed by atoms with van der Waals surface area (Å²) in [6, 6.07) is 7.95. The fourth-order valence-corrected chi connectivity index (χ4v) is 3.75. The van der Waals surface area contributed by atoms with Crippen molar-refractivity contribution in [2.24, 2.45) is 5.73 Å². The molecule has 0 saturated carbocycles. The molecule has 0 aromatic heterocycles. The van der Waals surface area contributed by atoms with E-state index in [1.54, 1.807) is 0 Å². The Morgan fingerprint density at radius 1 is 0.833 bits per heavy atom. The second kappa shape index (κ2) is 18.4. The molecule has 172 valence electrons. The zero-order valence-corrected chi connectivity index (χ0v) is 19.3. The van der Waals surface area contributed by atoms with Crippen molar-refractivity contribution < 1.29 is 9.90 Å². The maximum Gasteiger partial charge on any atom is 0.220 e. The normalized spacial score (nSPS) is 12.1. The minimum Gasteiger partial charge on any atom is -0.393 e. The van der Waals surface area contributed by atoms with Gasteiger partial charge < -0.3 is 16.2 Å². The van der Waals surface area contributed by atoms with Gasteiger partial charge in [0.1, 0.15) is 0 Å². The molecular formula is C26H46N2O2. The summed E-state index contributed by atoms with van der Waals surface area (Å²) in [5.41, 5.74) is 7.75. The maximum absolute atomic E-state index is 12.0. The molecule has 1 amide bonds. The van der Waals surface area contributed by atoms with Crippen LogP contribution >= 0.6 is 0 Å². The first-order chi connectivity index (χ1) is 14.7. The topological polar surface area (TPSA) is 75.3 Å². The van der Waals surface area contributed by atoms with Crippen molar-refractivity contribution in [3.8, 4) is 0 Å². The summed E-state index contributed by atoms with van der Waals surface area (Å²) >= 11 is 0. The predicted octanol–water partition coefficient (Wildman–Crippen LogP) is 5.99. The summed E-state index contributed by atoms with van der Waals surface area (Å²) in [5, 5.41) is 13.0. The van der Waals surface area contributed by atoms with E-state index in [-0.39, 0.29) is 12.0 Å². The van der Waals surface area contributed by atoms with E-state index in [0.717, 1.165) is 24.0 Å². The minimum atomic E-state index is -0.359. The number of aliphatic hydroxyl groups is 1. The Bertz CT molecular complexity index is 530. The van der Waals surface area contributed by atoms with Gasteiger partial charge in [0.25, 0.3) is 0 Å². The third kappa shape index (κ3) is 14.6. The summed E-state index contributed by atoms with van der Waals surface area (Å²) in [7, 11) is 0. The summed E-state index contributed by atoms with van der Waals surface area (Å²) in [4.78, 5) is 12.0. The number of unbranched alkanes of at least 4 members (excludes halogenated alkanes) is 11. The summed E-state index contributed by atoms with van der Waals surface area (Å²) in [6.45, 7) is 3.32. The summed E-state index contributed by atoms with van der Waals surface area (Å²) < 4.78 is 0. The zero-order chi connectivity index (χ0) is 21.9. The van der Waals surface area contributed by atoms with Crippen LogP contribution in [0, 0.1) is 0 Å². The quantitative estimate of drug-likeness (QED) is 0.241. The molecular weight excluding hydrogens is 372 g/mol. The Morgan fingerprint density at radius 2 is 1.33 bits per heavy atom. The van der Waals surface area contributed by atoms with E-state index in [1.807, 2.05) is 24.3 Å².